The van der Waals surface area contributed by atoms with Crippen LogP contribution in [0, 0.1) is 0 Å². The Morgan fingerprint density at radius 1 is 1.00 bits per heavy atom. The van der Waals surface area contributed by atoms with E-state index in [0.717, 1.165) is 48.5 Å². The second-order valence-electron chi connectivity index (χ2n) is 6.34. The van der Waals surface area contributed by atoms with E-state index in [1.54, 1.807) is 11.8 Å². The van der Waals surface area contributed by atoms with Gasteiger partial charge in [-0.25, -0.2) is 0 Å². The number of hydrogen-bond donors (Lipinski definition) is 1. The Labute approximate surface area is 166 Å². The average molecular weight is 385 g/mol. The van der Waals surface area contributed by atoms with Gasteiger partial charge < -0.3 is 10.2 Å². The predicted octanol–water partition coefficient (Wildman–Crippen LogP) is 4.82. The van der Waals surface area contributed by atoms with Crippen LogP contribution in [0.25, 0.3) is 0 Å². The predicted molar refractivity (Wildman–Crippen MR) is 114 cm³/mol. The molecule has 0 atom stereocenters. The van der Waals surface area contributed by atoms with Crippen LogP contribution in [0.5, 0.6) is 0 Å². The van der Waals surface area contributed by atoms with Gasteiger partial charge in [-0.15, -0.1) is 11.8 Å². The van der Waals surface area contributed by atoms with Crippen molar-refractivity contribution in [3.8, 4) is 0 Å². The summed E-state index contributed by atoms with van der Waals surface area (Å²) in [6.45, 7) is 5.68. The van der Waals surface area contributed by atoms with Crippen LogP contribution in [0.1, 0.15) is 42.6 Å². The number of nitrogens with zero attached hydrogens (tertiary/aromatic N) is 1. The van der Waals surface area contributed by atoms with E-state index in [1.165, 1.54) is 0 Å². The van der Waals surface area contributed by atoms with Crippen LogP contribution in [0.3, 0.4) is 0 Å². The number of para-hydroxylation sites is 1. The van der Waals surface area contributed by atoms with Gasteiger partial charge in [0.05, 0.1) is 5.75 Å². The number of carbonyl (C=O) groups excluding carboxylic acids is 2. The van der Waals surface area contributed by atoms with Crippen LogP contribution in [0.15, 0.2) is 54.6 Å². The normalized spacial score (nSPS) is 10.4. The molecule has 0 aliphatic heterocycles. The summed E-state index contributed by atoms with van der Waals surface area (Å²) >= 11 is 1.56. The molecule has 144 valence electrons. The lowest BCUT2D eigenvalue weighted by Gasteiger charge is -2.20. The second kappa shape index (κ2) is 11.4. The molecule has 4 nitrogen and oxygen atoms in total. The first-order valence-electron chi connectivity index (χ1n) is 9.45. The van der Waals surface area contributed by atoms with E-state index >= 15 is 0 Å². The van der Waals surface area contributed by atoms with Crippen molar-refractivity contribution in [1.29, 1.82) is 0 Å². The molecule has 0 spiro atoms. The van der Waals surface area contributed by atoms with E-state index in [0.29, 0.717) is 5.75 Å². The van der Waals surface area contributed by atoms with Crippen molar-refractivity contribution in [3.63, 3.8) is 0 Å². The number of thioether (sulfide) groups is 1. The minimum Gasteiger partial charge on any atom is -0.339 e. The fourth-order valence-corrected chi connectivity index (χ4v) is 3.45. The van der Waals surface area contributed by atoms with Crippen LogP contribution < -0.4 is 5.32 Å². The van der Waals surface area contributed by atoms with Crippen molar-refractivity contribution in [2.75, 3.05) is 24.2 Å². The number of hydrogen-bond acceptors (Lipinski definition) is 3. The van der Waals surface area contributed by atoms with E-state index in [2.05, 4.69) is 12.2 Å². The lowest BCUT2D eigenvalue weighted by Crippen LogP contribution is -2.31. The molecule has 2 aromatic carbocycles. The van der Waals surface area contributed by atoms with E-state index in [-0.39, 0.29) is 11.8 Å². The number of rotatable bonds is 10. The minimum atomic E-state index is -0.00694. The number of unbranched alkanes of at least 4 members (excludes halogenated alkanes) is 1. The summed E-state index contributed by atoms with van der Waals surface area (Å²) < 4.78 is 0. The van der Waals surface area contributed by atoms with Crippen molar-refractivity contribution in [3.05, 3.63) is 65.7 Å². The molecule has 0 bridgehead atoms. The Morgan fingerprint density at radius 3 is 2.33 bits per heavy atom. The highest BCUT2D eigenvalue weighted by Gasteiger charge is 2.13. The first-order chi connectivity index (χ1) is 13.1. The van der Waals surface area contributed by atoms with Gasteiger partial charge in [-0.3, -0.25) is 9.59 Å². The van der Waals surface area contributed by atoms with Gasteiger partial charge in [-0.1, -0.05) is 43.7 Å². The molecule has 2 amide bonds. The number of amides is 2. The van der Waals surface area contributed by atoms with Gasteiger partial charge in [0.2, 0.25) is 5.91 Å². The SMILES string of the molecule is CCCCN(CC)C(=O)c1ccc(CSCC(=O)Nc2ccccc2)cc1. The summed E-state index contributed by atoms with van der Waals surface area (Å²) in [5, 5.41) is 2.88. The van der Waals surface area contributed by atoms with Gasteiger partial charge >= 0.3 is 0 Å². The van der Waals surface area contributed by atoms with Crippen LogP contribution >= 0.6 is 11.8 Å². The minimum absolute atomic E-state index is 0.00694. The van der Waals surface area contributed by atoms with E-state index < -0.39 is 0 Å². The molecule has 0 unspecified atom stereocenters. The van der Waals surface area contributed by atoms with E-state index in [1.807, 2.05) is 66.4 Å². The molecule has 0 aromatic heterocycles. The van der Waals surface area contributed by atoms with Crippen molar-refractivity contribution < 1.29 is 9.59 Å². The highest BCUT2D eigenvalue weighted by Crippen LogP contribution is 2.15. The smallest absolute Gasteiger partial charge is 0.253 e. The highest BCUT2D eigenvalue weighted by molar-refractivity contribution is 7.99. The topological polar surface area (TPSA) is 49.4 Å². The largest absolute Gasteiger partial charge is 0.339 e. The monoisotopic (exact) mass is 384 g/mol. The number of anilines is 1. The summed E-state index contributed by atoms with van der Waals surface area (Å²) in [5.41, 5.74) is 2.65. The van der Waals surface area contributed by atoms with Crippen LogP contribution in [0.2, 0.25) is 0 Å². The van der Waals surface area contributed by atoms with Crippen molar-refractivity contribution in [2.45, 2.75) is 32.4 Å². The zero-order chi connectivity index (χ0) is 19.5. The molecule has 0 saturated heterocycles. The molecule has 0 heterocycles. The molecule has 5 heteroatoms. The molecule has 2 aromatic rings. The van der Waals surface area contributed by atoms with Gasteiger partial charge in [0.1, 0.15) is 0 Å². The lowest BCUT2D eigenvalue weighted by molar-refractivity contribution is -0.113. The third-order valence-electron chi connectivity index (χ3n) is 4.21. The molecule has 2 rings (SSSR count). The Bertz CT molecular complexity index is 717. The third-order valence-corrected chi connectivity index (χ3v) is 5.21. The molecule has 27 heavy (non-hydrogen) atoms. The first-order valence-corrected chi connectivity index (χ1v) is 10.6. The van der Waals surface area contributed by atoms with Crippen LogP contribution in [0.4, 0.5) is 5.69 Å². The maximum atomic E-state index is 12.5. The average Bonchev–Trinajstić information content (AvgIpc) is 2.69. The molecule has 0 aliphatic rings. The molecule has 0 saturated carbocycles. The Hall–Kier alpha value is -2.27. The summed E-state index contributed by atoms with van der Waals surface area (Å²) in [6, 6.07) is 17.2. The standard InChI is InChI=1S/C22H28N2O2S/c1-3-5-15-24(4-2)22(26)19-13-11-18(12-14-19)16-27-17-21(25)23-20-9-7-6-8-10-20/h6-14H,3-5,15-17H2,1-2H3,(H,23,25). The van der Waals surface area contributed by atoms with Gasteiger partial charge in [0.25, 0.3) is 5.91 Å². The van der Waals surface area contributed by atoms with Gasteiger partial charge in [0, 0.05) is 30.1 Å². The van der Waals surface area contributed by atoms with Gasteiger partial charge in [0.15, 0.2) is 0 Å². The van der Waals surface area contributed by atoms with Crippen LogP contribution in [-0.4, -0.2) is 35.6 Å². The van der Waals surface area contributed by atoms with Gasteiger partial charge in [-0.05, 0) is 43.2 Å². The fraction of sp³-hybridized carbons (Fsp3) is 0.364. The van der Waals surface area contributed by atoms with Crippen molar-refractivity contribution in [2.24, 2.45) is 0 Å². The summed E-state index contributed by atoms with van der Waals surface area (Å²) in [4.78, 5) is 26.4. The zero-order valence-electron chi connectivity index (χ0n) is 16.1. The maximum absolute atomic E-state index is 12.5. The van der Waals surface area contributed by atoms with Crippen molar-refractivity contribution in [1.82, 2.24) is 4.90 Å². The van der Waals surface area contributed by atoms with Crippen LogP contribution in [-0.2, 0) is 10.5 Å². The zero-order valence-corrected chi connectivity index (χ0v) is 16.9. The molecule has 0 fully saturated rings. The van der Waals surface area contributed by atoms with E-state index in [9.17, 15) is 9.59 Å². The maximum Gasteiger partial charge on any atom is 0.253 e. The molecule has 1 N–H and O–H groups in total. The van der Waals surface area contributed by atoms with Crippen molar-refractivity contribution >= 4 is 29.3 Å². The molecular formula is C22H28N2O2S. The lowest BCUT2D eigenvalue weighted by atomic mass is 10.1. The second-order valence-corrected chi connectivity index (χ2v) is 7.33. The molecule has 0 aliphatic carbocycles. The summed E-state index contributed by atoms with van der Waals surface area (Å²) in [7, 11) is 0. The third kappa shape index (κ3) is 7.10. The number of carbonyl (C=O) groups is 2. The fourth-order valence-electron chi connectivity index (χ4n) is 2.66. The molecular weight excluding hydrogens is 356 g/mol. The summed E-state index contributed by atoms with van der Waals surface area (Å²) in [5.74, 6) is 1.22. The Kier molecular flexibility index (Phi) is 8.92. The quantitative estimate of drug-likeness (QED) is 0.639. The highest BCUT2D eigenvalue weighted by atomic mass is 32.2. The first kappa shape index (κ1) is 21.0. The number of nitrogens with one attached hydrogen (secondary N) is 1. The van der Waals surface area contributed by atoms with E-state index in [4.69, 9.17) is 0 Å². The Morgan fingerprint density at radius 2 is 1.70 bits per heavy atom. The number of benzene rings is 2. The van der Waals surface area contributed by atoms with Gasteiger partial charge in [-0.2, -0.15) is 0 Å². The molecule has 0 radical (unpaired) electrons. The summed E-state index contributed by atoms with van der Waals surface area (Å²) in [6.07, 6.45) is 2.11. The Balaban J connectivity index is 1.79.